The number of hydrogen-bond donors (Lipinski definition) is 1. The molecule has 0 saturated carbocycles. The lowest BCUT2D eigenvalue weighted by molar-refractivity contribution is 0.106. The Balaban J connectivity index is 1.50. The van der Waals surface area contributed by atoms with Crippen LogP contribution in [0.1, 0.15) is 50.3 Å². The second kappa shape index (κ2) is 9.25. The molecule has 1 fully saturated rings. The summed E-state index contributed by atoms with van der Waals surface area (Å²) < 4.78 is 3.27. The first-order valence-electron chi connectivity index (χ1n) is 12.5. The number of imidazole rings is 1. The Morgan fingerprint density at radius 1 is 1.11 bits per heavy atom. The van der Waals surface area contributed by atoms with Gasteiger partial charge in [-0.25, -0.2) is 14.8 Å². The van der Waals surface area contributed by atoms with Gasteiger partial charge in [0.05, 0.1) is 16.7 Å². The Labute approximate surface area is 210 Å². The average Bonchev–Trinajstić information content (AvgIpc) is 3.21. The van der Waals surface area contributed by atoms with Crippen molar-refractivity contribution < 1.29 is 5.11 Å². The van der Waals surface area contributed by atoms with E-state index in [2.05, 4.69) is 68.7 Å². The van der Waals surface area contributed by atoms with Gasteiger partial charge in [-0.3, -0.25) is 14.5 Å². The summed E-state index contributed by atoms with van der Waals surface area (Å²) in [6.07, 6.45) is 2.75. The zero-order chi connectivity index (χ0) is 25.7. The third-order valence-corrected chi connectivity index (χ3v) is 7.61. The highest BCUT2D eigenvalue weighted by atomic mass is 16.3. The molecule has 1 aliphatic rings. The van der Waals surface area contributed by atoms with Crippen LogP contribution in [0.15, 0.2) is 29.2 Å². The maximum absolute atomic E-state index is 12.8. The molecule has 1 aliphatic heterocycles. The summed E-state index contributed by atoms with van der Waals surface area (Å²) >= 11 is 0. The molecule has 0 spiro atoms. The summed E-state index contributed by atoms with van der Waals surface area (Å²) in [4.78, 5) is 35.8. The number of fused-ring (bicyclic) bond motifs is 2. The van der Waals surface area contributed by atoms with Gasteiger partial charge in [-0.1, -0.05) is 13.0 Å². The average molecular weight is 491 g/mol. The molecule has 0 radical (unpaired) electrons. The third-order valence-electron chi connectivity index (χ3n) is 7.61. The molecular weight excluding hydrogens is 456 g/mol. The van der Waals surface area contributed by atoms with Crippen LogP contribution >= 0.6 is 0 Å². The normalized spacial score (nSPS) is 19.9. The molecular formula is C26H34N8O2. The highest BCUT2D eigenvalue weighted by Crippen LogP contribution is 2.33. The minimum atomic E-state index is -0.325. The van der Waals surface area contributed by atoms with Crippen molar-refractivity contribution in [1.29, 1.82) is 0 Å². The first kappa shape index (κ1) is 24.3. The van der Waals surface area contributed by atoms with Gasteiger partial charge in [-0.15, -0.1) is 0 Å². The third kappa shape index (κ3) is 3.94. The van der Waals surface area contributed by atoms with Crippen LogP contribution in [0, 0.1) is 6.92 Å². The predicted molar refractivity (Wildman–Crippen MR) is 140 cm³/mol. The van der Waals surface area contributed by atoms with E-state index in [1.54, 1.807) is 17.8 Å². The van der Waals surface area contributed by atoms with Crippen LogP contribution in [0.25, 0.3) is 22.2 Å². The molecule has 10 heteroatoms. The molecule has 190 valence electrons. The summed E-state index contributed by atoms with van der Waals surface area (Å²) in [5.41, 5.74) is 4.93. The molecule has 0 aliphatic carbocycles. The zero-order valence-electron chi connectivity index (χ0n) is 21.8. The Morgan fingerprint density at radius 2 is 1.89 bits per heavy atom. The van der Waals surface area contributed by atoms with Crippen molar-refractivity contribution >= 4 is 28.0 Å². The fourth-order valence-electron chi connectivity index (χ4n) is 5.49. The van der Waals surface area contributed by atoms with Gasteiger partial charge in [0, 0.05) is 51.5 Å². The molecule has 10 nitrogen and oxygen atoms in total. The van der Waals surface area contributed by atoms with E-state index >= 15 is 0 Å². The van der Waals surface area contributed by atoms with Crippen LogP contribution in [0.3, 0.4) is 0 Å². The number of benzene rings is 1. The molecule has 5 rings (SSSR count). The smallest absolute Gasteiger partial charge is 0.350 e. The summed E-state index contributed by atoms with van der Waals surface area (Å²) in [6, 6.07) is 6.92. The minimum Gasteiger partial charge on any atom is -0.388 e. The van der Waals surface area contributed by atoms with Gasteiger partial charge in [-0.05, 0) is 44.9 Å². The SMILES string of the molecule is CC[C@@H]1CN(c2nc(=O)n(C)c3c2nc(CO)n3C)[C@@H](C)CN1C(C)c1ccc2ncc(C)nc2c1. The lowest BCUT2D eigenvalue weighted by Gasteiger charge is -2.48. The number of anilines is 1. The Bertz CT molecular complexity index is 1490. The fourth-order valence-corrected chi connectivity index (χ4v) is 5.49. The standard InChI is InChI=1S/C26H34N8O2/c1-7-19-13-33(24-23-25(32(6)26(36)30-24)31(5)22(14-35)29-23)16(3)12-34(19)17(4)18-8-9-20-21(10-18)28-15(2)11-27-20/h8-11,16-17,19,35H,7,12-14H2,1-6H3/t16-,17?,19+/m0/s1. The van der Waals surface area contributed by atoms with E-state index in [4.69, 9.17) is 0 Å². The van der Waals surface area contributed by atoms with Crippen molar-refractivity contribution in [2.45, 2.75) is 58.8 Å². The number of aryl methyl sites for hydroxylation is 3. The van der Waals surface area contributed by atoms with Crippen LogP contribution in [-0.4, -0.2) is 64.2 Å². The number of aliphatic hydroxyl groups is 1. The molecule has 3 atom stereocenters. The van der Waals surface area contributed by atoms with Gasteiger partial charge in [0.25, 0.3) is 0 Å². The molecule has 1 saturated heterocycles. The maximum Gasteiger partial charge on any atom is 0.350 e. The molecule has 0 amide bonds. The van der Waals surface area contributed by atoms with E-state index in [0.29, 0.717) is 22.8 Å². The van der Waals surface area contributed by atoms with Gasteiger partial charge in [0.15, 0.2) is 5.82 Å². The number of aromatic nitrogens is 6. The van der Waals surface area contributed by atoms with E-state index in [9.17, 15) is 9.90 Å². The van der Waals surface area contributed by atoms with Crippen molar-refractivity contribution in [2.75, 3.05) is 18.0 Å². The van der Waals surface area contributed by atoms with E-state index < -0.39 is 0 Å². The Morgan fingerprint density at radius 3 is 2.61 bits per heavy atom. The first-order valence-corrected chi connectivity index (χ1v) is 12.5. The van der Waals surface area contributed by atoms with Crippen molar-refractivity contribution in [1.82, 2.24) is 34.0 Å². The van der Waals surface area contributed by atoms with Crippen molar-refractivity contribution in [2.24, 2.45) is 14.1 Å². The zero-order valence-corrected chi connectivity index (χ0v) is 21.8. The molecule has 3 aromatic heterocycles. The van der Waals surface area contributed by atoms with E-state index in [1.807, 2.05) is 14.0 Å². The maximum atomic E-state index is 12.8. The molecule has 0 bridgehead atoms. The van der Waals surface area contributed by atoms with Gasteiger partial charge in [0.2, 0.25) is 0 Å². The number of hydrogen-bond acceptors (Lipinski definition) is 8. The molecule has 4 heterocycles. The summed E-state index contributed by atoms with van der Waals surface area (Å²) in [6.45, 7) is 9.92. The minimum absolute atomic E-state index is 0.111. The molecule has 1 unspecified atom stereocenters. The number of nitrogens with zero attached hydrogens (tertiary/aromatic N) is 8. The van der Waals surface area contributed by atoms with Gasteiger partial charge >= 0.3 is 5.69 Å². The second-order valence-corrected chi connectivity index (χ2v) is 9.89. The fraction of sp³-hybridized carbons (Fsp3) is 0.500. The second-order valence-electron chi connectivity index (χ2n) is 9.89. The van der Waals surface area contributed by atoms with Crippen molar-refractivity contribution in [3.8, 4) is 0 Å². The topological polar surface area (TPSA) is 105 Å². The molecule has 36 heavy (non-hydrogen) atoms. The summed E-state index contributed by atoms with van der Waals surface area (Å²) in [5.74, 6) is 1.11. The lowest BCUT2D eigenvalue weighted by atomic mass is 9.98. The number of piperazine rings is 1. The highest BCUT2D eigenvalue weighted by molar-refractivity contribution is 5.84. The van der Waals surface area contributed by atoms with Crippen LogP contribution in [-0.2, 0) is 20.7 Å². The van der Waals surface area contributed by atoms with Gasteiger partial charge in [0.1, 0.15) is 23.6 Å². The highest BCUT2D eigenvalue weighted by Gasteiger charge is 2.36. The summed E-state index contributed by atoms with van der Waals surface area (Å²) in [5, 5.41) is 9.78. The first-order chi connectivity index (χ1) is 17.2. The lowest BCUT2D eigenvalue weighted by Crippen LogP contribution is -2.58. The van der Waals surface area contributed by atoms with E-state index in [-0.39, 0.29) is 30.4 Å². The van der Waals surface area contributed by atoms with Crippen LogP contribution < -0.4 is 10.6 Å². The summed E-state index contributed by atoms with van der Waals surface area (Å²) in [7, 11) is 3.51. The predicted octanol–water partition coefficient (Wildman–Crippen LogP) is 2.46. The quantitative estimate of drug-likeness (QED) is 0.455. The van der Waals surface area contributed by atoms with Crippen LogP contribution in [0.4, 0.5) is 5.82 Å². The number of aliphatic hydroxyl groups excluding tert-OH is 1. The van der Waals surface area contributed by atoms with Gasteiger partial charge < -0.3 is 14.6 Å². The number of rotatable bonds is 5. The van der Waals surface area contributed by atoms with Crippen LogP contribution in [0.5, 0.6) is 0 Å². The molecule has 4 aromatic rings. The Hall–Kier alpha value is -3.37. The van der Waals surface area contributed by atoms with Crippen molar-refractivity contribution in [3.63, 3.8) is 0 Å². The largest absolute Gasteiger partial charge is 0.388 e. The van der Waals surface area contributed by atoms with Gasteiger partial charge in [-0.2, -0.15) is 4.98 Å². The molecule has 1 N–H and O–H groups in total. The Kier molecular flexibility index (Phi) is 6.25. The van der Waals surface area contributed by atoms with Crippen molar-refractivity contribution in [3.05, 3.63) is 52.0 Å². The van der Waals surface area contributed by atoms with E-state index in [1.165, 1.54) is 10.1 Å². The van der Waals surface area contributed by atoms with E-state index in [0.717, 1.165) is 36.2 Å². The monoisotopic (exact) mass is 490 g/mol. The molecule has 1 aromatic carbocycles. The van der Waals surface area contributed by atoms with Crippen LogP contribution in [0.2, 0.25) is 0 Å².